The molecule has 0 aliphatic rings. The van der Waals surface area contributed by atoms with Crippen molar-refractivity contribution in [2.24, 2.45) is 7.05 Å². The van der Waals surface area contributed by atoms with Gasteiger partial charge in [0.1, 0.15) is 0 Å². The fourth-order valence-electron chi connectivity index (χ4n) is 2.19. The lowest BCUT2D eigenvalue weighted by Gasteiger charge is -1.88. The molecule has 2 nitrogen and oxygen atoms in total. The Morgan fingerprint density at radius 1 is 0.739 bits per heavy atom. The second kappa shape index (κ2) is 8.48. The quantitative estimate of drug-likeness (QED) is 0.466. The zero-order valence-electron chi connectivity index (χ0n) is 12.9. The third kappa shape index (κ3) is 4.93. The number of halogens is 1. The van der Waals surface area contributed by atoms with Crippen molar-refractivity contribution in [1.82, 2.24) is 0 Å². The number of rotatable bonds is 4. The van der Waals surface area contributed by atoms with Crippen LogP contribution >= 0.6 is 0 Å². The summed E-state index contributed by atoms with van der Waals surface area (Å²) in [4.78, 5) is 0. The van der Waals surface area contributed by atoms with E-state index >= 15 is 0 Å². The highest BCUT2D eigenvalue weighted by molar-refractivity contribution is 5.70. The first kappa shape index (κ1) is 17.2. The van der Waals surface area contributed by atoms with Gasteiger partial charge in [0.2, 0.25) is 5.76 Å². The second-order valence-electron chi connectivity index (χ2n) is 5.05. The van der Waals surface area contributed by atoms with Crippen LogP contribution < -0.4 is 28.7 Å². The van der Waals surface area contributed by atoms with E-state index in [9.17, 15) is 0 Å². The molecule has 0 aliphatic carbocycles. The molecular weight excluding hydrogens is 397 g/mol. The second-order valence-corrected chi connectivity index (χ2v) is 5.05. The highest BCUT2D eigenvalue weighted by Crippen LogP contribution is 2.11. The van der Waals surface area contributed by atoms with Gasteiger partial charge in [-0.3, -0.25) is 0 Å². The van der Waals surface area contributed by atoms with Gasteiger partial charge in [0, 0.05) is 6.08 Å². The van der Waals surface area contributed by atoms with Crippen LogP contribution in [0.1, 0.15) is 22.6 Å². The standard InChI is InChI=1S/C20H18NO.HI/c1-21-19(14-12-17-8-4-2-5-9-17)16-20(22-21)15-13-18-10-6-3-7-11-18;/h2-16H,1H3;1H/q+1;/p-1/b14-12+,15-13+;. The van der Waals surface area contributed by atoms with Crippen LogP contribution in [0.3, 0.4) is 0 Å². The van der Waals surface area contributed by atoms with E-state index in [2.05, 4.69) is 36.4 Å². The van der Waals surface area contributed by atoms with Crippen LogP contribution in [-0.4, -0.2) is 0 Å². The summed E-state index contributed by atoms with van der Waals surface area (Å²) in [5.74, 6) is 0.832. The van der Waals surface area contributed by atoms with Crippen molar-refractivity contribution in [3.8, 4) is 0 Å². The molecule has 0 bridgehead atoms. The molecule has 1 heterocycles. The Bertz CT molecular complexity index is 789. The Balaban J connectivity index is 0.00000192. The van der Waals surface area contributed by atoms with Gasteiger partial charge in [-0.1, -0.05) is 66.7 Å². The number of hydrogen-bond donors (Lipinski definition) is 0. The maximum atomic E-state index is 5.70. The summed E-state index contributed by atoms with van der Waals surface area (Å²) >= 11 is 0. The first-order chi connectivity index (χ1) is 10.8. The smallest absolute Gasteiger partial charge is 0.254 e. The highest BCUT2D eigenvalue weighted by Gasteiger charge is 2.10. The third-order valence-corrected chi connectivity index (χ3v) is 3.38. The summed E-state index contributed by atoms with van der Waals surface area (Å²) in [5.41, 5.74) is 3.35. The molecule has 3 rings (SSSR count). The molecule has 0 atom stereocenters. The molecule has 0 fully saturated rings. The molecule has 0 radical (unpaired) electrons. The molecule has 3 aromatic rings. The molecule has 1 aromatic heterocycles. The van der Waals surface area contributed by atoms with Gasteiger partial charge >= 0.3 is 0 Å². The van der Waals surface area contributed by atoms with E-state index in [1.807, 2.05) is 61.7 Å². The fraction of sp³-hybridized carbons (Fsp3) is 0.0500. The van der Waals surface area contributed by atoms with Gasteiger partial charge in [0.05, 0.1) is 6.07 Å². The van der Waals surface area contributed by atoms with Crippen LogP contribution in [0.15, 0.2) is 71.3 Å². The lowest BCUT2D eigenvalue weighted by atomic mass is 10.2. The minimum Gasteiger partial charge on any atom is -1.00 e. The maximum absolute atomic E-state index is 5.70. The van der Waals surface area contributed by atoms with E-state index in [-0.39, 0.29) is 24.0 Å². The zero-order chi connectivity index (χ0) is 15.2. The van der Waals surface area contributed by atoms with Crippen LogP contribution in [0.25, 0.3) is 24.3 Å². The van der Waals surface area contributed by atoms with Crippen molar-refractivity contribution >= 4 is 24.3 Å². The van der Waals surface area contributed by atoms with Crippen molar-refractivity contribution in [1.29, 1.82) is 0 Å². The lowest BCUT2D eigenvalue weighted by Crippen LogP contribution is -3.00. The minimum absolute atomic E-state index is 0. The zero-order valence-corrected chi connectivity index (χ0v) is 15.1. The number of benzene rings is 2. The molecule has 0 N–H and O–H groups in total. The summed E-state index contributed by atoms with van der Waals surface area (Å²) in [6.07, 6.45) is 8.16. The largest absolute Gasteiger partial charge is 1.00 e. The molecule has 23 heavy (non-hydrogen) atoms. The van der Waals surface area contributed by atoms with E-state index in [1.54, 1.807) is 4.74 Å². The Kier molecular flexibility index (Phi) is 6.35. The normalized spacial score (nSPS) is 11.0. The van der Waals surface area contributed by atoms with Gasteiger partial charge < -0.3 is 24.0 Å². The molecule has 0 aliphatic heterocycles. The average Bonchev–Trinajstić information content (AvgIpc) is 2.93. The average molecular weight is 415 g/mol. The molecular formula is C20H18INO. The van der Waals surface area contributed by atoms with Gasteiger partial charge in [-0.05, 0) is 28.0 Å². The van der Waals surface area contributed by atoms with Crippen LogP contribution in [-0.2, 0) is 7.05 Å². The molecule has 0 saturated carbocycles. The predicted octanol–water partition coefficient (Wildman–Crippen LogP) is 1.45. The minimum atomic E-state index is 0. The Labute approximate surface area is 153 Å². The van der Waals surface area contributed by atoms with E-state index < -0.39 is 0 Å². The van der Waals surface area contributed by atoms with Crippen LogP contribution in [0.5, 0.6) is 0 Å². The van der Waals surface area contributed by atoms with Gasteiger partial charge in [0.25, 0.3) is 5.69 Å². The molecule has 0 amide bonds. The van der Waals surface area contributed by atoms with Crippen LogP contribution in [0.2, 0.25) is 0 Å². The van der Waals surface area contributed by atoms with Crippen molar-refractivity contribution in [2.45, 2.75) is 0 Å². The SMILES string of the molecule is C[n+]1oc(/C=C/c2ccccc2)cc1/C=C/c1ccccc1.[I-]. The van der Waals surface area contributed by atoms with Crippen molar-refractivity contribution in [3.63, 3.8) is 0 Å². The summed E-state index contributed by atoms with van der Waals surface area (Å²) in [6.45, 7) is 0. The summed E-state index contributed by atoms with van der Waals surface area (Å²) in [5, 5.41) is 0. The highest BCUT2D eigenvalue weighted by atomic mass is 127. The summed E-state index contributed by atoms with van der Waals surface area (Å²) in [7, 11) is 1.91. The molecule has 3 heteroatoms. The van der Waals surface area contributed by atoms with E-state index in [1.165, 1.54) is 5.56 Å². The Morgan fingerprint density at radius 2 is 1.26 bits per heavy atom. The number of aromatic nitrogens is 1. The van der Waals surface area contributed by atoms with Crippen molar-refractivity contribution < 1.29 is 33.2 Å². The van der Waals surface area contributed by atoms with Gasteiger partial charge in [-0.25, -0.2) is 4.52 Å². The molecule has 0 unspecified atom stereocenters. The monoisotopic (exact) mass is 415 g/mol. The summed E-state index contributed by atoms with van der Waals surface area (Å²) < 4.78 is 7.47. The Morgan fingerprint density at radius 3 is 1.83 bits per heavy atom. The van der Waals surface area contributed by atoms with Gasteiger partial charge in [-0.15, -0.1) is 0 Å². The maximum Gasteiger partial charge on any atom is 0.254 e. The van der Waals surface area contributed by atoms with Crippen LogP contribution in [0.4, 0.5) is 0 Å². The first-order valence-corrected chi connectivity index (χ1v) is 7.28. The number of nitrogens with zero attached hydrogens (tertiary/aromatic N) is 1. The third-order valence-electron chi connectivity index (χ3n) is 3.38. The first-order valence-electron chi connectivity index (χ1n) is 7.28. The predicted molar refractivity (Wildman–Crippen MR) is 90.6 cm³/mol. The van der Waals surface area contributed by atoms with E-state index in [4.69, 9.17) is 4.52 Å². The molecule has 0 saturated heterocycles. The lowest BCUT2D eigenvalue weighted by molar-refractivity contribution is -0.846. The Hall–Kier alpha value is -2.14. The molecule has 0 spiro atoms. The van der Waals surface area contributed by atoms with Crippen molar-refractivity contribution in [2.75, 3.05) is 0 Å². The topological polar surface area (TPSA) is 17.0 Å². The fourth-order valence-corrected chi connectivity index (χ4v) is 2.19. The number of aryl methyl sites for hydroxylation is 1. The van der Waals surface area contributed by atoms with E-state index in [0.717, 1.165) is 17.0 Å². The van der Waals surface area contributed by atoms with Gasteiger partial charge in [0.15, 0.2) is 7.05 Å². The van der Waals surface area contributed by atoms with Crippen molar-refractivity contribution in [3.05, 3.63) is 89.3 Å². The molecule has 2 aromatic carbocycles. The van der Waals surface area contributed by atoms with Gasteiger partial charge in [-0.2, -0.15) is 0 Å². The number of hydrogen-bond acceptors (Lipinski definition) is 1. The van der Waals surface area contributed by atoms with E-state index in [0.29, 0.717) is 0 Å². The molecule has 116 valence electrons. The van der Waals surface area contributed by atoms with Crippen LogP contribution in [0, 0.1) is 0 Å². The summed E-state index contributed by atoms with van der Waals surface area (Å²) in [6, 6.07) is 22.4.